The van der Waals surface area contributed by atoms with Gasteiger partial charge in [-0.3, -0.25) is 4.79 Å². The zero-order chi connectivity index (χ0) is 14.5. The van der Waals surface area contributed by atoms with Crippen LogP contribution in [0.25, 0.3) is 0 Å². The molecule has 0 saturated carbocycles. The molecule has 0 aliphatic carbocycles. The first-order valence-corrected chi connectivity index (χ1v) is 7.42. The normalized spacial score (nSPS) is 33.5. The molecule has 108 valence electrons. The summed E-state index contributed by atoms with van der Waals surface area (Å²) in [7, 11) is 0. The van der Waals surface area contributed by atoms with Crippen molar-refractivity contribution < 1.29 is 19.1 Å². The molecule has 0 radical (unpaired) electrons. The molecule has 3 atom stereocenters. The van der Waals surface area contributed by atoms with E-state index in [2.05, 4.69) is 5.32 Å². The molecule has 0 bridgehead atoms. The van der Waals surface area contributed by atoms with Gasteiger partial charge in [0.05, 0.1) is 6.42 Å². The molecule has 1 amide bonds. The van der Waals surface area contributed by atoms with Gasteiger partial charge in [0.15, 0.2) is 0 Å². The molecule has 2 fully saturated rings. The number of amides is 1. The van der Waals surface area contributed by atoms with Crippen LogP contribution in [0.2, 0.25) is 0 Å². The van der Waals surface area contributed by atoms with Gasteiger partial charge in [0.25, 0.3) is 0 Å². The molecule has 0 unspecified atom stereocenters. The van der Waals surface area contributed by atoms with E-state index >= 15 is 0 Å². The Morgan fingerprint density at radius 2 is 2.15 bits per heavy atom. The number of ether oxygens (including phenoxy) is 2. The molecule has 1 aromatic heterocycles. The Morgan fingerprint density at radius 1 is 1.40 bits per heavy atom. The van der Waals surface area contributed by atoms with E-state index in [0.29, 0.717) is 0 Å². The third kappa shape index (κ3) is 1.94. The third-order valence-electron chi connectivity index (χ3n) is 3.61. The van der Waals surface area contributed by atoms with Gasteiger partial charge in [-0.05, 0) is 11.4 Å². The Kier molecular flexibility index (Phi) is 2.92. The predicted molar refractivity (Wildman–Crippen MR) is 73.0 cm³/mol. The molecular formula is C14H17NO4S. The topological polar surface area (TPSA) is 64.6 Å². The fraction of sp³-hybridized carbons (Fsp3) is 0.571. The maximum atomic E-state index is 12.4. The molecule has 1 spiro atoms. The number of carbonyl (C=O) groups is 2. The second-order valence-electron chi connectivity index (χ2n) is 6.30. The van der Waals surface area contributed by atoms with E-state index in [4.69, 9.17) is 9.47 Å². The number of hydrogen-bond acceptors (Lipinski definition) is 5. The van der Waals surface area contributed by atoms with Crippen LogP contribution in [-0.4, -0.2) is 23.8 Å². The largest absolute Gasteiger partial charge is 0.433 e. The SMILES string of the molecule is CC(C)(C)[C@@H]1OC(=O)[C@]2(CC(=O)N[C@@H]2c2cccs2)O1. The van der Waals surface area contributed by atoms with E-state index < -0.39 is 23.9 Å². The van der Waals surface area contributed by atoms with Gasteiger partial charge in [0.1, 0.15) is 6.04 Å². The summed E-state index contributed by atoms with van der Waals surface area (Å²) >= 11 is 1.49. The number of cyclic esters (lactones) is 1. The smallest absolute Gasteiger partial charge is 0.344 e. The van der Waals surface area contributed by atoms with Crippen molar-refractivity contribution in [1.82, 2.24) is 5.32 Å². The average molecular weight is 295 g/mol. The van der Waals surface area contributed by atoms with E-state index in [-0.39, 0.29) is 17.7 Å². The Balaban J connectivity index is 1.98. The lowest BCUT2D eigenvalue weighted by molar-refractivity contribution is -0.156. The highest BCUT2D eigenvalue weighted by atomic mass is 32.1. The number of rotatable bonds is 1. The highest BCUT2D eigenvalue weighted by Crippen LogP contribution is 2.47. The van der Waals surface area contributed by atoms with Crippen molar-refractivity contribution in [2.24, 2.45) is 5.41 Å². The molecule has 5 nitrogen and oxygen atoms in total. The molecule has 2 aliphatic heterocycles. The standard InChI is InChI=1S/C14H17NO4S/c1-13(2,3)12-18-11(17)14(19-12)7-9(16)15-10(14)8-5-4-6-20-8/h4-6,10,12H,7H2,1-3H3,(H,15,16)/t10-,12-,14-/m1/s1. The molecule has 1 aromatic rings. The first-order chi connectivity index (χ1) is 9.33. The fourth-order valence-electron chi connectivity index (χ4n) is 2.54. The van der Waals surface area contributed by atoms with Crippen LogP contribution < -0.4 is 5.32 Å². The van der Waals surface area contributed by atoms with Crippen LogP contribution in [0, 0.1) is 5.41 Å². The Labute approximate surface area is 121 Å². The van der Waals surface area contributed by atoms with Crippen molar-refractivity contribution in [3.8, 4) is 0 Å². The van der Waals surface area contributed by atoms with E-state index in [1.807, 2.05) is 38.3 Å². The van der Waals surface area contributed by atoms with Crippen molar-refractivity contribution in [2.75, 3.05) is 0 Å². The summed E-state index contributed by atoms with van der Waals surface area (Å²) in [5.41, 5.74) is -1.55. The zero-order valence-corrected chi connectivity index (χ0v) is 12.5. The number of esters is 1. The van der Waals surface area contributed by atoms with E-state index in [0.717, 1.165) is 4.88 Å². The second-order valence-corrected chi connectivity index (χ2v) is 7.28. The first-order valence-electron chi connectivity index (χ1n) is 6.54. The quantitative estimate of drug-likeness (QED) is 0.805. The maximum absolute atomic E-state index is 12.4. The fourth-order valence-corrected chi connectivity index (χ4v) is 3.40. The number of nitrogens with one attached hydrogen (secondary N) is 1. The van der Waals surface area contributed by atoms with Gasteiger partial charge in [-0.25, -0.2) is 4.79 Å². The van der Waals surface area contributed by atoms with Crippen molar-refractivity contribution in [1.29, 1.82) is 0 Å². The van der Waals surface area contributed by atoms with Gasteiger partial charge in [-0.2, -0.15) is 0 Å². The molecule has 20 heavy (non-hydrogen) atoms. The zero-order valence-electron chi connectivity index (χ0n) is 11.6. The summed E-state index contributed by atoms with van der Waals surface area (Å²) in [5.74, 6) is -0.635. The van der Waals surface area contributed by atoms with E-state index in [1.165, 1.54) is 11.3 Å². The molecule has 1 N–H and O–H groups in total. The molecule has 2 saturated heterocycles. The van der Waals surface area contributed by atoms with Crippen LogP contribution in [0.1, 0.15) is 38.1 Å². The Morgan fingerprint density at radius 3 is 2.70 bits per heavy atom. The van der Waals surface area contributed by atoms with Crippen molar-refractivity contribution >= 4 is 23.2 Å². The lowest BCUT2D eigenvalue weighted by Crippen LogP contribution is -2.42. The van der Waals surface area contributed by atoms with Crippen molar-refractivity contribution in [3.05, 3.63) is 22.4 Å². The second kappa shape index (κ2) is 4.30. The Hall–Kier alpha value is -1.40. The van der Waals surface area contributed by atoms with Gasteiger partial charge in [-0.15, -0.1) is 11.3 Å². The minimum atomic E-state index is -1.22. The van der Waals surface area contributed by atoms with Crippen LogP contribution >= 0.6 is 11.3 Å². The Bertz CT molecular complexity index is 548. The summed E-state index contributed by atoms with van der Waals surface area (Å²) in [5, 5.41) is 4.75. The lowest BCUT2D eigenvalue weighted by Gasteiger charge is -2.28. The molecular weight excluding hydrogens is 278 g/mol. The highest BCUT2D eigenvalue weighted by Gasteiger charge is 2.63. The number of hydrogen-bond donors (Lipinski definition) is 1. The molecule has 3 rings (SSSR count). The molecule has 3 heterocycles. The van der Waals surface area contributed by atoms with E-state index in [9.17, 15) is 9.59 Å². The van der Waals surface area contributed by atoms with Crippen LogP contribution in [0.4, 0.5) is 0 Å². The van der Waals surface area contributed by atoms with Gasteiger partial charge in [0.2, 0.25) is 17.8 Å². The number of carbonyl (C=O) groups excluding carboxylic acids is 2. The minimum Gasteiger partial charge on any atom is -0.433 e. The monoisotopic (exact) mass is 295 g/mol. The summed E-state index contributed by atoms with van der Waals surface area (Å²) in [6.45, 7) is 5.82. The minimum absolute atomic E-state index is 0.0149. The van der Waals surface area contributed by atoms with Crippen molar-refractivity contribution in [3.63, 3.8) is 0 Å². The van der Waals surface area contributed by atoms with Gasteiger partial charge < -0.3 is 14.8 Å². The van der Waals surface area contributed by atoms with Crippen LogP contribution in [0.15, 0.2) is 17.5 Å². The molecule has 2 aliphatic rings. The highest BCUT2D eigenvalue weighted by molar-refractivity contribution is 7.10. The number of thiophene rings is 1. The summed E-state index contributed by atoms with van der Waals surface area (Å²) < 4.78 is 11.3. The van der Waals surface area contributed by atoms with Crippen molar-refractivity contribution in [2.45, 2.75) is 45.1 Å². The average Bonchev–Trinajstić information content (AvgIpc) is 3.00. The van der Waals surface area contributed by atoms with Gasteiger partial charge >= 0.3 is 5.97 Å². The summed E-state index contributed by atoms with van der Waals surface area (Å²) in [6, 6.07) is 3.32. The van der Waals surface area contributed by atoms with Crippen LogP contribution in [0.5, 0.6) is 0 Å². The third-order valence-corrected chi connectivity index (χ3v) is 4.54. The van der Waals surface area contributed by atoms with Crippen LogP contribution in [-0.2, 0) is 19.1 Å². The lowest BCUT2D eigenvalue weighted by atomic mass is 9.93. The maximum Gasteiger partial charge on any atom is 0.344 e. The predicted octanol–water partition coefficient (Wildman–Crippen LogP) is 1.99. The first kappa shape index (κ1) is 13.6. The summed E-state index contributed by atoms with van der Waals surface area (Å²) in [4.78, 5) is 25.1. The van der Waals surface area contributed by atoms with Gasteiger partial charge in [0, 0.05) is 10.3 Å². The molecule has 0 aromatic carbocycles. The van der Waals surface area contributed by atoms with Crippen LogP contribution in [0.3, 0.4) is 0 Å². The summed E-state index contributed by atoms with van der Waals surface area (Å²) in [6.07, 6.45) is -0.619. The van der Waals surface area contributed by atoms with E-state index in [1.54, 1.807) is 0 Å². The van der Waals surface area contributed by atoms with Gasteiger partial charge in [-0.1, -0.05) is 26.8 Å². The molecule has 6 heteroatoms.